The SMILES string of the molecule is Cc1nn(C)c(C)c1CC(=O)NCc1cccc(NS(C)(=O)=O)c1. The third-order valence-corrected chi connectivity index (χ3v) is 4.32. The number of amides is 1. The van der Waals surface area contributed by atoms with Crippen LogP contribution < -0.4 is 10.0 Å². The molecule has 0 fully saturated rings. The first kappa shape index (κ1) is 18.0. The molecule has 0 saturated carbocycles. The van der Waals surface area contributed by atoms with Gasteiger partial charge < -0.3 is 5.32 Å². The molecule has 0 aliphatic heterocycles. The number of aryl methyl sites for hydroxylation is 2. The molecule has 0 radical (unpaired) electrons. The monoisotopic (exact) mass is 350 g/mol. The van der Waals surface area contributed by atoms with E-state index in [0.717, 1.165) is 28.8 Å². The van der Waals surface area contributed by atoms with Crippen LogP contribution in [0.25, 0.3) is 0 Å². The zero-order valence-electron chi connectivity index (χ0n) is 14.3. The summed E-state index contributed by atoms with van der Waals surface area (Å²) in [5, 5.41) is 7.15. The van der Waals surface area contributed by atoms with Crippen LogP contribution in [0.4, 0.5) is 5.69 Å². The first-order valence-corrected chi connectivity index (χ1v) is 9.37. The molecule has 2 N–H and O–H groups in total. The van der Waals surface area contributed by atoms with E-state index in [1.54, 1.807) is 22.9 Å². The van der Waals surface area contributed by atoms with Crippen molar-refractivity contribution in [1.82, 2.24) is 15.1 Å². The number of hydrogen-bond donors (Lipinski definition) is 2. The topological polar surface area (TPSA) is 93.1 Å². The van der Waals surface area contributed by atoms with Gasteiger partial charge in [0, 0.05) is 30.5 Å². The minimum atomic E-state index is -3.32. The number of anilines is 1. The molecule has 7 nitrogen and oxygen atoms in total. The molecule has 1 aromatic heterocycles. The molecule has 0 spiro atoms. The van der Waals surface area contributed by atoms with Crippen LogP contribution in [0.5, 0.6) is 0 Å². The third-order valence-electron chi connectivity index (χ3n) is 3.72. The van der Waals surface area contributed by atoms with Crippen molar-refractivity contribution in [2.24, 2.45) is 7.05 Å². The lowest BCUT2D eigenvalue weighted by molar-refractivity contribution is -0.120. The second-order valence-corrected chi connectivity index (χ2v) is 7.55. The summed E-state index contributed by atoms with van der Waals surface area (Å²) in [5.41, 5.74) is 4.05. The molecule has 2 rings (SSSR count). The Bertz CT molecular complexity index is 856. The summed E-state index contributed by atoms with van der Waals surface area (Å²) in [5.74, 6) is -0.101. The van der Waals surface area contributed by atoms with E-state index in [1.807, 2.05) is 27.0 Å². The highest BCUT2D eigenvalue weighted by atomic mass is 32.2. The van der Waals surface area contributed by atoms with Crippen molar-refractivity contribution in [2.45, 2.75) is 26.8 Å². The van der Waals surface area contributed by atoms with Gasteiger partial charge >= 0.3 is 0 Å². The quantitative estimate of drug-likeness (QED) is 0.820. The Labute approximate surface area is 142 Å². The van der Waals surface area contributed by atoms with Crippen molar-refractivity contribution in [2.75, 3.05) is 11.0 Å². The highest BCUT2D eigenvalue weighted by molar-refractivity contribution is 7.92. The van der Waals surface area contributed by atoms with E-state index >= 15 is 0 Å². The molecule has 0 aliphatic carbocycles. The summed E-state index contributed by atoms with van der Waals surface area (Å²) >= 11 is 0. The number of nitrogens with one attached hydrogen (secondary N) is 2. The number of nitrogens with zero attached hydrogens (tertiary/aromatic N) is 2. The summed E-state index contributed by atoms with van der Waals surface area (Å²) < 4.78 is 26.7. The second-order valence-electron chi connectivity index (χ2n) is 5.80. The Hall–Kier alpha value is -2.35. The first-order valence-electron chi connectivity index (χ1n) is 7.48. The van der Waals surface area contributed by atoms with Gasteiger partial charge in [0.05, 0.1) is 18.4 Å². The van der Waals surface area contributed by atoms with E-state index in [4.69, 9.17) is 0 Å². The Morgan fingerprint density at radius 2 is 2.00 bits per heavy atom. The van der Waals surface area contributed by atoms with Gasteiger partial charge in [-0.15, -0.1) is 0 Å². The highest BCUT2D eigenvalue weighted by Gasteiger charge is 2.13. The number of benzene rings is 1. The fourth-order valence-corrected chi connectivity index (χ4v) is 3.01. The average Bonchev–Trinajstić information content (AvgIpc) is 2.70. The molecule has 0 unspecified atom stereocenters. The molecule has 8 heteroatoms. The highest BCUT2D eigenvalue weighted by Crippen LogP contribution is 2.14. The van der Waals surface area contributed by atoms with Crippen molar-refractivity contribution in [1.29, 1.82) is 0 Å². The number of carbonyl (C=O) groups is 1. The van der Waals surface area contributed by atoms with E-state index in [1.165, 1.54) is 0 Å². The van der Waals surface area contributed by atoms with Gasteiger partial charge in [0.2, 0.25) is 15.9 Å². The molecule has 0 aliphatic rings. The number of aromatic nitrogens is 2. The van der Waals surface area contributed by atoms with E-state index in [0.29, 0.717) is 12.2 Å². The van der Waals surface area contributed by atoms with Crippen LogP contribution in [0.15, 0.2) is 24.3 Å². The Morgan fingerprint density at radius 3 is 2.58 bits per heavy atom. The van der Waals surface area contributed by atoms with Crippen LogP contribution in [0.2, 0.25) is 0 Å². The second kappa shape index (κ2) is 7.04. The van der Waals surface area contributed by atoms with Crippen molar-refractivity contribution in [3.8, 4) is 0 Å². The summed E-state index contributed by atoms with van der Waals surface area (Å²) in [4.78, 5) is 12.2. The molecule has 0 atom stereocenters. The first-order chi connectivity index (χ1) is 11.2. The van der Waals surface area contributed by atoms with E-state index in [2.05, 4.69) is 15.1 Å². The lowest BCUT2D eigenvalue weighted by Gasteiger charge is -2.08. The minimum absolute atomic E-state index is 0.101. The molecular weight excluding hydrogens is 328 g/mol. The largest absolute Gasteiger partial charge is 0.352 e. The maximum absolute atomic E-state index is 12.2. The van der Waals surface area contributed by atoms with Crippen LogP contribution in [0.1, 0.15) is 22.5 Å². The predicted molar refractivity (Wildman–Crippen MR) is 93.1 cm³/mol. The van der Waals surface area contributed by atoms with Gasteiger partial charge in [-0.25, -0.2) is 8.42 Å². The third kappa shape index (κ3) is 4.82. The van der Waals surface area contributed by atoms with Gasteiger partial charge in [0.15, 0.2) is 0 Å². The average molecular weight is 350 g/mol. The van der Waals surface area contributed by atoms with Crippen LogP contribution >= 0.6 is 0 Å². The maximum atomic E-state index is 12.2. The van der Waals surface area contributed by atoms with Crippen LogP contribution in [0.3, 0.4) is 0 Å². The molecule has 1 aromatic carbocycles. The zero-order valence-corrected chi connectivity index (χ0v) is 15.1. The molecule has 0 saturated heterocycles. The van der Waals surface area contributed by atoms with Crippen molar-refractivity contribution >= 4 is 21.6 Å². The standard InChI is InChI=1S/C16H22N4O3S/c1-11-15(12(2)20(3)18-11)9-16(21)17-10-13-6-5-7-14(8-13)19-24(4,22)23/h5-8,19H,9-10H2,1-4H3,(H,17,21). The molecule has 1 amide bonds. The fraction of sp³-hybridized carbons (Fsp3) is 0.375. The lowest BCUT2D eigenvalue weighted by Crippen LogP contribution is -2.25. The minimum Gasteiger partial charge on any atom is -0.352 e. The van der Waals surface area contributed by atoms with Gasteiger partial charge in [-0.1, -0.05) is 12.1 Å². The van der Waals surface area contributed by atoms with Gasteiger partial charge in [-0.3, -0.25) is 14.2 Å². The Kier molecular flexibility index (Phi) is 5.28. The summed E-state index contributed by atoms with van der Waals surface area (Å²) in [7, 11) is -1.47. The van der Waals surface area contributed by atoms with E-state index < -0.39 is 10.0 Å². The fourth-order valence-electron chi connectivity index (χ4n) is 2.46. The zero-order chi connectivity index (χ0) is 17.9. The molecular formula is C16H22N4O3S. The summed E-state index contributed by atoms with van der Waals surface area (Å²) in [6.45, 7) is 4.15. The molecule has 24 heavy (non-hydrogen) atoms. The van der Waals surface area contributed by atoms with E-state index in [-0.39, 0.29) is 12.3 Å². The number of carbonyl (C=O) groups excluding carboxylic acids is 1. The molecule has 1 heterocycles. The Morgan fingerprint density at radius 1 is 1.29 bits per heavy atom. The van der Waals surface area contributed by atoms with Gasteiger partial charge in [-0.05, 0) is 31.5 Å². The smallest absolute Gasteiger partial charge is 0.229 e. The summed E-state index contributed by atoms with van der Waals surface area (Å²) in [6, 6.07) is 6.93. The van der Waals surface area contributed by atoms with Gasteiger partial charge in [0.25, 0.3) is 0 Å². The molecule has 0 bridgehead atoms. The molecule has 130 valence electrons. The normalized spacial score (nSPS) is 11.3. The molecule has 2 aromatic rings. The number of sulfonamides is 1. The maximum Gasteiger partial charge on any atom is 0.229 e. The number of rotatable bonds is 6. The Balaban J connectivity index is 1.98. The van der Waals surface area contributed by atoms with Crippen LogP contribution in [-0.2, 0) is 34.8 Å². The van der Waals surface area contributed by atoms with Gasteiger partial charge in [0.1, 0.15) is 0 Å². The predicted octanol–water partition coefficient (Wildman–Crippen LogP) is 1.27. The van der Waals surface area contributed by atoms with E-state index in [9.17, 15) is 13.2 Å². The van der Waals surface area contributed by atoms with Crippen molar-refractivity contribution in [3.63, 3.8) is 0 Å². The van der Waals surface area contributed by atoms with Crippen LogP contribution in [-0.4, -0.2) is 30.4 Å². The lowest BCUT2D eigenvalue weighted by atomic mass is 10.1. The van der Waals surface area contributed by atoms with Crippen LogP contribution in [0, 0.1) is 13.8 Å². The van der Waals surface area contributed by atoms with Gasteiger partial charge in [-0.2, -0.15) is 5.10 Å². The summed E-state index contributed by atoms with van der Waals surface area (Å²) in [6.07, 6.45) is 1.37. The number of hydrogen-bond acceptors (Lipinski definition) is 4. The van der Waals surface area contributed by atoms with Crippen molar-refractivity contribution in [3.05, 3.63) is 46.8 Å². The van der Waals surface area contributed by atoms with Crippen molar-refractivity contribution < 1.29 is 13.2 Å².